The summed E-state index contributed by atoms with van der Waals surface area (Å²) in [5.41, 5.74) is 2.28. The summed E-state index contributed by atoms with van der Waals surface area (Å²) in [5, 5.41) is 4.22. The Labute approximate surface area is 136 Å². The van der Waals surface area contributed by atoms with Crippen molar-refractivity contribution in [3.05, 3.63) is 53.6 Å². The molecule has 124 valence electrons. The van der Waals surface area contributed by atoms with E-state index in [4.69, 9.17) is 4.74 Å². The first kappa shape index (κ1) is 16.1. The van der Waals surface area contributed by atoms with Crippen LogP contribution in [0.15, 0.2) is 36.7 Å². The number of hydrogen-bond donors (Lipinski definition) is 0. The molecule has 0 amide bonds. The van der Waals surface area contributed by atoms with Gasteiger partial charge in [0, 0.05) is 39.0 Å². The molecule has 23 heavy (non-hydrogen) atoms. The summed E-state index contributed by atoms with van der Waals surface area (Å²) < 4.78 is 20.9. The predicted molar refractivity (Wildman–Crippen MR) is 87.5 cm³/mol. The summed E-state index contributed by atoms with van der Waals surface area (Å²) in [5.74, 6) is 0.275. The highest BCUT2D eigenvalue weighted by Gasteiger charge is 2.29. The molecule has 0 aliphatic carbocycles. The van der Waals surface area contributed by atoms with Crippen molar-refractivity contribution in [2.45, 2.75) is 25.5 Å². The number of likely N-dealkylation sites (tertiary alicyclic amines) is 1. The average molecular weight is 317 g/mol. The second-order valence-corrected chi connectivity index (χ2v) is 6.41. The molecule has 5 heteroatoms. The highest BCUT2D eigenvalue weighted by molar-refractivity contribution is 5.17. The van der Waals surface area contributed by atoms with Gasteiger partial charge in [0.05, 0.1) is 12.3 Å². The number of rotatable bonds is 5. The second-order valence-electron chi connectivity index (χ2n) is 6.41. The molecule has 1 aromatic heterocycles. The molecule has 1 fully saturated rings. The zero-order valence-corrected chi connectivity index (χ0v) is 13.8. The number of methoxy groups -OCH3 is 1. The number of aryl methyl sites for hydroxylation is 1. The van der Waals surface area contributed by atoms with Crippen LogP contribution < -0.4 is 0 Å². The molecule has 2 heterocycles. The van der Waals surface area contributed by atoms with Gasteiger partial charge < -0.3 is 4.74 Å². The molecule has 1 aromatic carbocycles. The Kier molecular flexibility index (Phi) is 5.08. The van der Waals surface area contributed by atoms with E-state index < -0.39 is 0 Å². The minimum atomic E-state index is -0.162. The van der Waals surface area contributed by atoms with Crippen molar-refractivity contribution in [3.63, 3.8) is 0 Å². The van der Waals surface area contributed by atoms with E-state index in [0.717, 1.165) is 38.0 Å². The molecule has 2 aromatic rings. The van der Waals surface area contributed by atoms with Crippen LogP contribution >= 0.6 is 0 Å². The molecule has 0 saturated carbocycles. The molecule has 1 aliphatic rings. The van der Waals surface area contributed by atoms with Crippen LogP contribution in [0.3, 0.4) is 0 Å². The summed E-state index contributed by atoms with van der Waals surface area (Å²) in [4.78, 5) is 2.41. The summed E-state index contributed by atoms with van der Waals surface area (Å²) in [6, 6.07) is 6.91. The number of piperidine rings is 1. The molecule has 0 N–H and O–H groups in total. The minimum absolute atomic E-state index is 0.162. The van der Waals surface area contributed by atoms with Crippen molar-refractivity contribution in [3.8, 4) is 0 Å². The average Bonchev–Trinajstić information content (AvgIpc) is 2.94. The fraction of sp³-hybridized carbons (Fsp3) is 0.500. The molecule has 0 radical (unpaired) electrons. The third kappa shape index (κ3) is 4.18. The van der Waals surface area contributed by atoms with Gasteiger partial charge >= 0.3 is 0 Å². The van der Waals surface area contributed by atoms with Gasteiger partial charge in [0.25, 0.3) is 0 Å². The van der Waals surface area contributed by atoms with Crippen LogP contribution in [-0.4, -0.2) is 41.0 Å². The van der Waals surface area contributed by atoms with Crippen LogP contribution in [0.5, 0.6) is 0 Å². The molecule has 2 atom stereocenters. The van der Waals surface area contributed by atoms with Crippen LogP contribution in [0.2, 0.25) is 0 Å². The second kappa shape index (κ2) is 7.23. The Bertz CT molecular complexity index is 643. The molecule has 3 rings (SSSR count). The summed E-state index contributed by atoms with van der Waals surface area (Å²) in [6.07, 6.45) is 6.09. The highest BCUT2D eigenvalue weighted by atomic mass is 19.1. The van der Waals surface area contributed by atoms with Crippen molar-refractivity contribution in [1.29, 1.82) is 0 Å². The fourth-order valence-corrected chi connectivity index (χ4v) is 3.45. The van der Waals surface area contributed by atoms with Crippen LogP contribution in [0.1, 0.15) is 17.5 Å². The van der Waals surface area contributed by atoms with E-state index in [1.54, 1.807) is 19.2 Å². The minimum Gasteiger partial charge on any atom is -0.380 e. The lowest BCUT2D eigenvalue weighted by atomic mass is 9.87. The first-order valence-electron chi connectivity index (χ1n) is 8.11. The van der Waals surface area contributed by atoms with E-state index in [9.17, 15) is 4.39 Å². The van der Waals surface area contributed by atoms with E-state index in [-0.39, 0.29) is 11.9 Å². The zero-order chi connectivity index (χ0) is 16.2. The zero-order valence-electron chi connectivity index (χ0n) is 13.8. The molecule has 0 unspecified atom stereocenters. The first-order valence-corrected chi connectivity index (χ1v) is 8.11. The van der Waals surface area contributed by atoms with Gasteiger partial charge in [-0.1, -0.05) is 12.1 Å². The third-order valence-corrected chi connectivity index (χ3v) is 4.63. The van der Waals surface area contributed by atoms with Gasteiger partial charge in [-0.3, -0.25) is 9.58 Å². The Morgan fingerprint density at radius 1 is 1.35 bits per heavy atom. The maximum Gasteiger partial charge on any atom is 0.123 e. The van der Waals surface area contributed by atoms with Crippen molar-refractivity contribution in [1.82, 2.24) is 14.7 Å². The molecule has 1 aliphatic heterocycles. The number of ether oxygens (including phenoxy) is 1. The van der Waals surface area contributed by atoms with Crippen molar-refractivity contribution in [2.75, 3.05) is 20.2 Å². The Morgan fingerprint density at radius 3 is 2.91 bits per heavy atom. The lowest BCUT2D eigenvalue weighted by Gasteiger charge is -2.37. The van der Waals surface area contributed by atoms with Gasteiger partial charge in [0.1, 0.15) is 5.82 Å². The number of halogens is 1. The van der Waals surface area contributed by atoms with Gasteiger partial charge in [-0.2, -0.15) is 5.10 Å². The molecule has 0 spiro atoms. The van der Waals surface area contributed by atoms with E-state index in [1.807, 2.05) is 24.0 Å². The van der Waals surface area contributed by atoms with Crippen molar-refractivity contribution in [2.24, 2.45) is 13.0 Å². The maximum absolute atomic E-state index is 13.4. The SMILES string of the molecule is CO[C@@H]1CN(Cc2cnn(C)c2)CC[C@@H]1Cc1cccc(F)c1. The van der Waals surface area contributed by atoms with E-state index >= 15 is 0 Å². The largest absolute Gasteiger partial charge is 0.380 e. The fourth-order valence-electron chi connectivity index (χ4n) is 3.45. The molecular formula is C18H24FN3O. The quantitative estimate of drug-likeness (QED) is 0.849. The van der Waals surface area contributed by atoms with Crippen molar-refractivity contribution < 1.29 is 9.13 Å². The topological polar surface area (TPSA) is 30.3 Å². The van der Waals surface area contributed by atoms with E-state index in [2.05, 4.69) is 16.2 Å². The Hall–Kier alpha value is -1.72. The lowest BCUT2D eigenvalue weighted by molar-refractivity contribution is -0.0136. The molecule has 4 nitrogen and oxygen atoms in total. The number of benzene rings is 1. The van der Waals surface area contributed by atoms with E-state index in [1.165, 1.54) is 11.6 Å². The van der Waals surface area contributed by atoms with Gasteiger partial charge in [-0.25, -0.2) is 4.39 Å². The number of hydrogen-bond acceptors (Lipinski definition) is 3. The van der Waals surface area contributed by atoms with Crippen molar-refractivity contribution >= 4 is 0 Å². The number of aromatic nitrogens is 2. The van der Waals surface area contributed by atoms with Crippen LogP contribution in [0.4, 0.5) is 4.39 Å². The third-order valence-electron chi connectivity index (χ3n) is 4.63. The van der Waals surface area contributed by atoms with E-state index in [0.29, 0.717) is 5.92 Å². The molecule has 0 bridgehead atoms. The first-order chi connectivity index (χ1) is 11.1. The Morgan fingerprint density at radius 2 is 2.22 bits per heavy atom. The van der Waals surface area contributed by atoms with Crippen LogP contribution in [0, 0.1) is 11.7 Å². The van der Waals surface area contributed by atoms with Gasteiger partial charge in [0.15, 0.2) is 0 Å². The highest BCUT2D eigenvalue weighted by Crippen LogP contribution is 2.25. The van der Waals surface area contributed by atoms with Crippen LogP contribution in [-0.2, 0) is 24.8 Å². The van der Waals surface area contributed by atoms with Gasteiger partial charge in [-0.15, -0.1) is 0 Å². The molecular weight excluding hydrogens is 293 g/mol. The molecule has 1 saturated heterocycles. The lowest BCUT2D eigenvalue weighted by Crippen LogP contribution is -2.45. The maximum atomic E-state index is 13.4. The Balaban J connectivity index is 1.60. The van der Waals surface area contributed by atoms with Crippen LogP contribution in [0.25, 0.3) is 0 Å². The monoisotopic (exact) mass is 317 g/mol. The smallest absolute Gasteiger partial charge is 0.123 e. The summed E-state index contributed by atoms with van der Waals surface area (Å²) in [7, 11) is 3.71. The van der Waals surface area contributed by atoms with Gasteiger partial charge in [0.2, 0.25) is 0 Å². The number of nitrogens with zero attached hydrogens (tertiary/aromatic N) is 3. The predicted octanol–water partition coefficient (Wildman–Crippen LogP) is 2.64. The summed E-state index contributed by atoms with van der Waals surface area (Å²) in [6.45, 7) is 2.85. The van der Waals surface area contributed by atoms with Gasteiger partial charge in [-0.05, 0) is 43.0 Å². The standard InChI is InChI=1S/C18H24FN3O/c1-21-11-15(10-20-21)12-22-7-6-16(18(13-22)23-2)8-14-4-3-5-17(19)9-14/h3-5,9-11,16,18H,6-8,12-13H2,1-2H3/t16-,18-/m1/s1. The normalized spacial score (nSPS) is 22.4. The summed E-state index contributed by atoms with van der Waals surface area (Å²) >= 11 is 0.